The molecule has 0 unspecified atom stereocenters. The van der Waals surface area contributed by atoms with Crippen molar-refractivity contribution >= 4 is 11.8 Å². The van der Waals surface area contributed by atoms with Crippen molar-refractivity contribution < 1.29 is 14.3 Å². The van der Waals surface area contributed by atoms with Gasteiger partial charge in [-0.15, -0.1) is 0 Å². The van der Waals surface area contributed by atoms with Gasteiger partial charge < -0.3 is 15.0 Å². The SMILES string of the molecule is COc1ccc(CN(C)C(=O)CNC(=O)c2cc(C)n(C)n2)cc1. The third kappa shape index (κ3) is 4.34. The Morgan fingerprint density at radius 1 is 1.29 bits per heavy atom. The van der Waals surface area contributed by atoms with Gasteiger partial charge in [-0.3, -0.25) is 14.3 Å². The molecule has 0 aliphatic rings. The highest BCUT2D eigenvalue weighted by molar-refractivity contribution is 5.94. The molecule has 0 saturated carbocycles. The fraction of sp³-hybridized carbons (Fsp3) is 0.353. The second kappa shape index (κ2) is 7.63. The monoisotopic (exact) mass is 330 g/mol. The Bertz CT molecular complexity index is 702. The first-order valence-corrected chi connectivity index (χ1v) is 7.56. The Morgan fingerprint density at radius 2 is 1.96 bits per heavy atom. The number of amides is 2. The van der Waals surface area contributed by atoms with Crippen molar-refractivity contribution in [3.05, 3.63) is 47.3 Å². The third-order valence-corrected chi connectivity index (χ3v) is 3.75. The highest BCUT2D eigenvalue weighted by Gasteiger charge is 2.14. The van der Waals surface area contributed by atoms with E-state index in [2.05, 4.69) is 10.4 Å². The number of benzene rings is 1. The van der Waals surface area contributed by atoms with Crippen LogP contribution in [0.2, 0.25) is 0 Å². The van der Waals surface area contributed by atoms with E-state index in [0.29, 0.717) is 12.2 Å². The maximum atomic E-state index is 12.1. The van der Waals surface area contributed by atoms with Crippen LogP contribution in [0.5, 0.6) is 5.75 Å². The van der Waals surface area contributed by atoms with Crippen molar-refractivity contribution in [2.45, 2.75) is 13.5 Å². The Kier molecular flexibility index (Phi) is 5.57. The van der Waals surface area contributed by atoms with E-state index in [0.717, 1.165) is 17.0 Å². The summed E-state index contributed by atoms with van der Waals surface area (Å²) in [6, 6.07) is 9.17. The number of likely N-dealkylation sites (N-methyl/N-ethyl adjacent to an activating group) is 1. The van der Waals surface area contributed by atoms with Crippen LogP contribution >= 0.6 is 0 Å². The molecule has 0 spiro atoms. The van der Waals surface area contributed by atoms with E-state index in [-0.39, 0.29) is 18.4 Å². The first-order chi connectivity index (χ1) is 11.4. The summed E-state index contributed by atoms with van der Waals surface area (Å²) in [5.74, 6) is 0.238. The van der Waals surface area contributed by atoms with Gasteiger partial charge in [0.1, 0.15) is 11.4 Å². The number of hydrogen-bond donors (Lipinski definition) is 1. The summed E-state index contributed by atoms with van der Waals surface area (Å²) in [5, 5.41) is 6.68. The van der Waals surface area contributed by atoms with Gasteiger partial charge in [0.15, 0.2) is 0 Å². The van der Waals surface area contributed by atoms with Crippen molar-refractivity contribution in [1.29, 1.82) is 0 Å². The van der Waals surface area contributed by atoms with Gasteiger partial charge in [0.2, 0.25) is 5.91 Å². The second-order valence-electron chi connectivity index (χ2n) is 5.58. The number of rotatable bonds is 6. The van der Waals surface area contributed by atoms with E-state index >= 15 is 0 Å². The Hall–Kier alpha value is -2.83. The number of ether oxygens (including phenoxy) is 1. The van der Waals surface area contributed by atoms with Gasteiger partial charge in [-0.1, -0.05) is 12.1 Å². The van der Waals surface area contributed by atoms with E-state index in [9.17, 15) is 9.59 Å². The number of aromatic nitrogens is 2. The minimum absolute atomic E-state index is 0.0683. The molecule has 1 heterocycles. The van der Waals surface area contributed by atoms with Gasteiger partial charge in [0, 0.05) is 26.3 Å². The molecule has 2 amide bonds. The number of carbonyl (C=O) groups excluding carboxylic acids is 2. The largest absolute Gasteiger partial charge is 0.497 e. The average Bonchev–Trinajstić information content (AvgIpc) is 2.92. The first-order valence-electron chi connectivity index (χ1n) is 7.56. The van der Waals surface area contributed by atoms with Crippen LogP contribution in [0.15, 0.2) is 30.3 Å². The zero-order chi connectivity index (χ0) is 17.7. The maximum absolute atomic E-state index is 12.1. The lowest BCUT2D eigenvalue weighted by Crippen LogP contribution is -2.38. The molecule has 2 aromatic rings. The first kappa shape index (κ1) is 17.5. The number of nitrogens with zero attached hydrogens (tertiary/aromatic N) is 3. The molecule has 0 fully saturated rings. The average molecular weight is 330 g/mol. The van der Waals surface area contributed by atoms with Gasteiger partial charge in [-0.25, -0.2) is 0 Å². The Morgan fingerprint density at radius 3 is 2.50 bits per heavy atom. The van der Waals surface area contributed by atoms with Crippen LogP contribution in [0, 0.1) is 6.92 Å². The van der Waals surface area contributed by atoms with Crippen LogP contribution in [0.3, 0.4) is 0 Å². The molecule has 1 N–H and O–H groups in total. The maximum Gasteiger partial charge on any atom is 0.272 e. The van der Waals surface area contributed by atoms with Gasteiger partial charge in [0.05, 0.1) is 13.7 Å². The van der Waals surface area contributed by atoms with E-state index in [1.807, 2.05) is 31.2 Å². The minimum atomic E-state index is -0.357. The normalized spacial score (nSPS) is 10.3. The van der Waals surface area contributed by atoms with Crippen LogP contribution in [0.4, 0.5) is 0 Å². The summed E-state index contributed by atoms with van der Waals surface area (Å²) < 4.78 is 6.72. The standard InChI is InChI=1S/C17H22N4O3/c1-12-9-15(19-21(12)3)17(23)18-10-16(22)20(2)11-13-5-7-14(24-4)8-6-13/h5-9H,10-11H2,1-4H3,(H,18,23). The molecule has 0 aliphatic carbocycles. The minimum Gasteiger partial charge on any atom is -0.497 e. The molecule has 0 saturated heterocycles. The molecule has 24 heavy (non-hydrogen) atoms. The second-order valence-corrected chi connectivity index (χ2v) is 5.58. The Labute approximate surface area is 141 Å². The molecule has 7 nitrogen and oxygen atoms in total. The van der Waals surface area contributed by atoms with Gasteiger partial charge in [-0.2, -0.15) is 5.10 Å². The van der Waals surface area contributed by atoms with Gasteiger partial charge >= 0.3 is 0 Å². The molecule has 1 aromatic carbocycles. The predicted molar refractivity (Wildman–Crippen MR) is 89.7 cm³/mol. The lowest BCUT2D eigenvalue weighted by atomic mass is 10.2. The number of aryl methyl sites for hydroxylation is 2. The molecule has 128 valence electrons. The zero-order valence-electron chi connectivity index (χ0n) is 14.4. The molecule has 1 aromatic heterocycles. The summed E-state index contributed by atoms with van der Waals surface area (Å²) in [4.78, 5) is 25.7. The lowest BCUT2D eigenvalue weighted by molar-refractivity contribution is -0.129. The van der Waals surface area contributed by atoms with Crippen molar-refractivity contribution in [3.8, 4) is 5.75 Å². The van der Waals surface area contributed by atoms with Crippen molar-refractivity contribution in [3.63, 3.8) is 0 Å². The summed E-state index contributed by atoms with van der Waals surface area (Å²) in [6.07, 6.45) is 0. The van der Waals surface area contributed by atoms with Crippen LogP contribution in [-0.4, -0.2) is 47.2 Å². The van der Waals surface area contributed by atoms with E-state index in [4.69, 9.17) is 4.74 Å². The lowest BCUT2D eigenvalue weighted by Gasteiger charge is -2.17. The topological polar surface area (TPSA) is 76.5 Å². The molecule has 0 radical (unpaired) electrons. The van der Waals surface area contributed by atoms with Crippen LogP contribution in [0.1, 0.15) is 21.7 Å². The Balaban J connectivity index is 1.85. The van der Waals surface area contributed by atoms with E-state index < -0.39 is 0 Å². The summed E-state index contributed by atoms with van der Waals surface area (Å²) in [5.41, 5.74) is 2.17. The van der Waals surface area contributed by atoms with Crippen LogP contribution in [0.25, 0.3) is 0 Å². The van der Waals surface area contributed by atoms with Gasteiger partial charge in [0.25, 0.3) is 5.91 Å². The highest BCUT2D eigenvalue weighted by atomic mass is 16.5. The third-order valence-electron chi connectivity index (χ3n) is 3.75. The molecule has 2 rings (SSSR count). The molecule has 0 aliphatic heterocycles. The zero-order valence-corrected chi connectivity index (χ0v) is 14.4. The van der Waals surface area contributed by atoms with Crippen LogP contribution < -0.4 is 10.1 Å². The number of nitrogens with one attached hydrogen (secondary N) is 1. The summed E-state index contributed by atoms with van der Waals surface area (Å²) in [6.45, 7) is 2.25. The van der Waals surface area contributed by atoms with Crippen molar-refractivity contribution in [2.24, 2.45) is 7.05 Å². The van der Waals surface area contributed by atoms with E-state index in [1.165, 1.54) is 0 Å². The molecule has 0 atom stereocenters. The predicted octanol–water partition coefficient (Wildman–Crippen LogP) is 1.13. The van der Waals surface area contributed by atoms with Crippen LogP contribution in [-0.2, 0) is 18.4 Å². The van der Waals surface area contributed by atoms with Crippen molar-refractivity contribution in [2.75, 3.05) is 20.7 Å². The highest BCUT2D eigenvalue weighted by Crippen LogP contribution is 2.12. The molecule has 0 bridgehead atoms. The number of hydrogen-bond acceptors (Lipinski definition) is 4. The van der Waals surface area contributed by atoms with Gasteiger partial charge in [-0.05, 0) is 30.7 Å². The molecular formula is C17H22N4O3. The summed E-state index contributed by atoms with van der Waals surface area (Å²) in [7, 11) is 5.07. The molecular weight excluding hydrogens is 308 g/mol. The number of methoxy groups -OCH3 is 1. The quantitative estimate of drug-likeness (QED) is 0.861. The smallest absolute Gasteiger partial charge is 0.272 e. The fourth-order valence-corrected chi connectivity index (χ4v) is 2.15. The summed E-state index contributed by atoms with van der Waals surface area (Å²) >= 11 is 0. The number of carbonyl (C=O) groups is 2. The fourth-order valence-electron chi connectivity index (χ4n) is 2.15. The molecule has 7 heteroatoms. The van der Waals surface area contributed by atoms with E-state index in [1.54, 1.807) is 36.9 Å². The van der Waals surface area contributed by atoms with Crippen molar-refractivity contribution in [1.82, 2.24) is 20.0 Å².